The van der Waals surface area contributed by atoms with Crippen LogP contribution in [0.1, 0.15) is 5.56 Å². The molecule has 4 aromatic rings. The van der Waals surface area contributed by atoms with Crippen LogP contribution in [0.5, 0.6) is 0 Å². The molecule has 9 heteroatoms. The molecule has 0 amide bonds. The molecule has 0 atom stereocenters. The number of pyridine rings is 1. The molecule has 0 unspecified atom stereocenters. The highest BCUT2D eigenvalue weighted by Crippen LogP contribution is 2.33. The first-order valence-electron chi connectivity index (χ1n) is 8.00. The van der Waals surface area contributed by atoms with E-state index in [1.165, 1.54) is 11.3 Å². The molecule has 0 aromatic carbocycles. The van der Waals surface area contributed by atoms with Crippen LogP contribution in [0, 0.1) is 11.3 Å². The smallest absolute Gasteiger partial charge is 0.183 e. The average Bonchev–Trinajstić information content (AvgIpc) is 3.38. The van der Waals surface area contributed by atoms with Crippen molar-refractivity contribution in [2.45, 2.75) is 0 Å². The van der Waals surface area contributed by atoms with E-state index in [1.807, 2.05) is 30.9 Å². The number of hydrogen-bond donors (Lipinski definition) is 2. The van der Waals surface area contributed by atoms with E-state index >= 15 is 0 Å². The van der Waals surface area contributed by atoms with Gasteiger partial charge >= 0.3 is 0 Å². The van der Waals surface area contributed by atoms with Gasteiger partial charge in [0.2, 0.25) is 0 Å². The molecule has 0 spiro atoms. The van der Waals surface area contributed by atoms with Crippen LogP contribution < -0.4 is 11.1 Å². The van der Waals surface area contributed by atoms with Crippen molar-refractivity contribution in [1.82, 2.24) is 24.4 Å². The Morgan fingerprint density at radius 1 is 1.27 bits per heavy atom. The van der Waals surface area contributed by atoms with E-state index in [-0.39, 0.29) is 0 Å². The molecule has 0 aliphatic rings. The molecule has 0 saturated carbocycles. The Morgan fingerprint density at radius 3 is 2.88 bits per heavy atom. The fraction of sp³-hybridized carbons (Fsp3) is 0.176. The summed E-state index contributed by atoms with van der Waals surface area (Å²) in [7, 11) is 1.88. The summed E-state index contributed by atoms with van der Waals surface area (Å²) in [5.41, 5.74) is 10.4. The van der Waals surface area contributed by atoms with Crippen molar-refractivity contribution < 1.29 is 0 Å². The first-order valence-corrected chi connectivity index (χ1v) is 8.88. The molecule has 0 radical (unpaired) electrons. The molecule has 0 fully saturated rings. The first-order chi connectivity index (χ1) is 12.7. The van der Waals surface area contributed by atoms with Gasteiger partial charge in [0.25, 0.3) is 0 Å². The summed E-state index contributed by atoms with van der Waals surface area (Å²) < 4.78 is 3.48. The summed E-state index contributed by atoms with van der Waals surface area (Å²) >= 11 is 1.51. The average molecular weight is 364 g/mol. The predicted octanol–water partition coefficient (Wildman–Crippen LogP) is 2.10. The van der Waals surface area contributed by atoms with Crippen molar-refractivity contribution in [2.24, 2.45) is 12.8 Å². The SMILES string of the molecule is Cn1cc(-c2cc(-c3csc(NCCN)n3)c3c(C#N)cnn3c2)cn1. The lowest BCUT2D eigenvalue weighted by atomic mass is 10.0. The number of nitrogens with one attached hydrogen (secondary N) is 1. The highest BCUT2D eigenvalue weighted by molar-refractivity contribution is 7.14. The quantitative estimate of drug-likeness (QED) is 0.561. The van der Waals surface area contributed by atoms with Crippen LogP contribution in [0.25, 0.3) is 27.9 Å². The van der Waals surface area contributed by atoms with Crippen LogP contribution in [0.3, 0.4) is 0 Å². The molecule has 4 aromatic heterocycles. The van der Waals surface area contributed by atoms with Crippen LogP contribution in [-0.4, -0.2) is 37.5 Å². The van der Waals surface area contributed by atoms with Crippen molar-refractivity contribution in [3.8, 4) is 28.5 Å². The van der Waals surface area contributed by atoms with Gasteiger partial charge in [-0.25, -0.2) is 9.50 Å². The summed E-state index contributed by atoms with van der Waals surface area (Å²) in [6, 6.07) is 4.23. The van der Waals surface area contributed by atoms with Crippen molar-refractivity contribution in [3.05, 3.63) is 41.8 Å². The first kappa shape index (κ1) is 16.3. The van der Waals surface area contributed by atoms with E-state index in [0.29, 0.717) is 18.7 Å². The Labute approximate surface area is 153 Å². The van der Waals surface area contributed by atoms with E-state index in [0.717, 1.165) is 33.0 Å². The van der Waals surface area contributed by atoms with Gasteiger partial charge in [0, 0.05) is 54.6 Å². The summed E-state index contributed by atoms with van der Waals surface area (Å²) in [5.74, 6) is 0. The minimum atomic E-state index is 0.516. The minimum Gasteiger partial charge on any atom is -0.360 e. The number of rotatable bonds is 5. The van der Waals surface area contributed by atoms with E-state index in [9.17, 15) is 5.26 Å². The highest BCUT2D eigenvalue weighted by Gasteiger charge is 2.16. The zero-order valence-corrected chi connectivity index (χ0v) is 14.9. The fourth-order valence-electron chi connectivity index (χ4n) is 2.78. The lowest BCUT2D eigenvalue weighted by Crippen LogP contribution is -2.12. The van der Waals surface area contributed by atoms with Crippen molar-refractivity contribution in [3.63, 3.8) is 0 Å². The maximum Gasteiger partial charge on any atom is 0.183 e. The van der Waals surface area contributed by atoms with Gasteiger partial charge in [0.15, 0.2) is 5.13 Å². The number of nitrogens with two attached hydrogens (primary N) is 1. The van der Waals surface area contributed by atoms with Gasteiger partial charge in [-0.15, -0.1) is 11.3 Å². The van der Waals surface area contributed by atoms with Gasteiger partial charge < -0.3 is 11.1 Å². The Kier molecular flexibility index (Phi) is 4.12. The van der Waals surface area contributed by atoms with Gasteiger partial charge in [-0.05, 0) is 6.07 Å². The fourth-order valence-corrected chi connectivity index (χ4v) is 3.52. The third-order valence-electron chi connectivity index (χ3n) is 3.97. The minimum absolute atomic E-state index is 0.516. The lowest BCUT2D eigenvalue weighted by molar-refractivity contribution is 0.768. The Hall–Kier alpha value is -3.22. The second-order valence-electron chi connectivity index (χ2n) is 5.76. The number of fused-ring (bicyclic) bond motifs is 1. The number of nitrogens with zero attached hydrogens (tertiary/aromatic N) is 6. The maximum atomic E-state index is 9.45. The van der Waals surface area contributed by atoms with Gasteiger partial charge in [0.05, 0.1) is 29.2 Å². The van der Waals surface area contributed by atoms with Crippen molar-refractivity contribution in [2.75, 3.05) is 18.4 Å². The number of anilines is 1. The summed E-state index contributed by atoms with van der Waals surface area (Å²) in [6.45, 7) is 1.20. The van der Waals surface area contributed by atoms with E-state index in [1.54, 1.807) is 21.6 Å². The summed E-state index contributed by atoms with van der Waals surface area (Å²) in [5, 5.41) is 24.0. The van der Waals surface area contributed by atoms with Gasteiger partial charge in [-0.3, -0.25) is 4.68 Å². The van der Waals surface area contributed by atoms with Gasteiger partial charge in [0.1, 0.15) is 6.07 Å². The predicted molar refractivity (Wildman–Crippen MR) is 101 cm³/mol. The Balaban J connectivity index is 1.89. The number of aryl methyl sites for hydroxylation is 1. The third-order valence-corrected chi connectivity index (χ3v) is 4.77. The van der Waals surface area contributed by atoms with Crippen molar-refractivity contribution in [1.29, 1.82) is 5.26 Å². The number of aromatic nitrogens is 5. The van der Waals surface area contributed by atoms with Gasteiger partial charge in [-0.2, -0.15) is 15.5 Å². The zero-order valence-electron chi connectivity index (χ0n) is 14.0. The monoisotopic (exact) mass is 364 g/mol. The second-order valence-corrected chi connectivity index (χ2v) is 6.62. The van der Waals surface area contributed by atoms with E-state index in [2.05, 4.69) is 26.6 Å². The molecule has 3 N–H and O–H groups in total. The number of nitriles is 1. The zero-order chi connectivity index (χ0) is 18.1. The molecular weight excluding hydrogens is 348 g/mol. The summed E-state index contributed by atoms with van der Waals surface area (Å²) in [6.07, 6.45) is 7.21. The Bertz CT molecular complexity index is 1110. The maximum absolute atomic E-state index is 9.45. The van der Waals surface area contributed by atoms with Crippen LogP contribution in [0.15, 0.2) is 36.2 Å². The largest absolute Gasteiger partial charge is 0.360 e. The molecule has 0 aliphatic heterocycles. The number of thiazole rings is 1. The number of hydrogen-bond acceptors (Lipinski definition) is 7. The van der Waals surface area contributed by atoms with Crippen LogP contribution in [-0.2, 0) is 7.05 Å². The van der Waals surface area contributed by atoms with Crippen LogP contribution in [0.2, 0.25) is 0 Å². The molecule has 26 heavy (non-hydrogen) atoms. The molecular formula is C17H16N8S. The third kappa shape index (κ3) is 2.81. The normalized spacial score (nSPS) is 11.0. The molecule has 130 valence electrons. The van der Waals surface area contributed by atoms with Crippen LogP contribution in [0.4, 0.5) is 5.13 Å². The standard InChI is InChI=1S/C17H16N8S/c1-24-8-13(7-21-24)11-4-14(15-10-26-17(23-15)20-3-2-18)16-12(5-19)6-22-25(16)9-11/h4,6-10H,2-3,18H2,1H3,(H,20,23). The molecule has 0 bridgehead atoms. The molecule has 8 nitrogen and oxygen atoms in total. The highest BCUT2D eigenvalue weighted by atomic mass is 32.1. The van der Waals surface area contributed by atoms with E-state index in [4.69, 9.17) is 5.73 Å². The topological polar surface area (TPSA) is 110 Å². The van der Waals surface area contributed by atoms with Gasteiger partial charge in [-0.1, -0.05) is 0 Å². The van der Waals surface area contributed by atoms with E-state index < -0.39 is 0 Å². The Morgan fingerprint density at radius 2 is 2.15 bits per heavy atom. The molecule has 0 aliphatic carbocycles. The van der Waals surface area contributed by atoms with Crippen molar-refractivity contribution >= 4 is 22.0 Å². The lowest BCUT2D eigenvalue weighted by Gasteiger charge is -2.06. The molecule has 4 heterocycles. The second kappa shape index (κ2) is 6.59. The van der Waals surface area contributed by atoms with Crippen LogP contribution >= 0.6 is 11.3 Å². The summed E-state index contributed by atoms with van der Waals surface area (Å²) in [4.78, 5) is 4.64. The molecule has 4 rings (SSSR count). The molecule has 0 saturated heterocycles.